The lowest BCUT2D eigenvalue weighted by molar-refractivity contribution is -0.116. The number of nitrogens with zero attached hydrogens (tertiary/aromatic N) is 2. The SMILES string of the molecule is C/C=C/CCC(=O)C(=[N+]=[N-])S(=O)(=O)c1c(C)cc(C)cc1C. The van der Waals surface area contributed by atoms with Crippen LogP contribution in [0.25, 0.3) is 5.53 Å². The molecule has 0 aliphatic carbocycles. The number of ketones is 1. The van der Waals surface area contributed by atoms with Crippen molar-refractivity contribution in [2.45, 2.75) is 45.4 Å². The second-order valence-corrected chi connectivity index (χ2v) is 6.97. The number of allylic oxidation sites excluding steroid dienone is 2. The molecule has 0 saturated carbocycles. The summed E-state index contributed by atoms with van der Waals surface area (Å²) in [5, 5.41) is -0.799. The highest BCUT2D eigenvalue weighted by Gasteiger charge is 2.38. The zero-order valence-electron chi connectivity index (χ0n) is 13.3. The van der Waals surface area contributed by atoms with Gasteiger partial charge in [0.15, 0.2) is 0 Å². The molecule has 1 aromatic carbocycles. The van der Waals surface area contributed by atoms with Crippen LogP contribution in [0.3, 0.4) is 0 Å². The van der Waals surface area contributed by atoms with Gasteiger partial charge >= 0.3 is 5.04 Å². The topological polar surface area (TPSA) is 87.6 Å². The maximum Gasteiger partial charge on any atom is 0.451 e. The highest BCUT2D eigenvalue weighted by Crippen LogP contribution is 2.24. The molecule has 0 atom stereocenters. The van der Waals surface area contributed by atoms with Crippen LogP contribution in [0.4, 0.5) is 0 Å². The number of benzene rings is 1. The van der Waals surface area contributed by atoms with Gasteiger partial charge in [-0.2, -0.15) is 0 Å². The number of aryl methyl sites for hydroxylation is 3. The van der Waals surface area contributed by atoms with E-state index in [2.05, 4.69) is 4.79 Å². The molecule has 0 aliphatic heterocycles. The minimum atomic E-state index is -4.14. The van der Waals surface area contributed by atoms with Crippen molar-refractivity contribution < 1.29 is 18.0 Å². The summed E-state index contributed by atoms with van der Waals surface area (Å²) >= 11 is 0. The Morgan fingerprint density at radius 3 is 2.23 bits per heavy atom. The number of rotatable bonds is 5. The number of carbonyl (C=O) groups excluding carboxylic acids is 1. The van der Waals surface area contributed by atoms with Gasteiger partial charge in [-0.15, -0.1) is 4.79 Å². The van der Waals surface area contributed by atoms with Gasteiger partial charge in [-0.1, -0.05) is 29.8 Å². The monoisotopic (exact) mass is 320 g/mol. The highest BCUT2D eigenvalue weighted by atomic mass is 32.2. The molecule has 0 N–H and O–H groups in total. The Morgan fingerprint density at radius 1 is 1.23 bits per heavy atom. The molecule has 0 aliphatic rings. The molecule has 118 valence electrons. The molecule has 0 aromatic heterocycles. The lowest BCUT2D eigenvalue weighted by atomic mass is 10.1. The van der Waals surface area contributed by atoms with Gasteiger partial charge < -0.3 is 5.53 Å². The van der Waals surface area contributed by atoms with Gasteiger partial charge in [0.1, 0.15) is 0 Å². The standard InChI is InChI=1S/C16H20N2O3S/c1-5-6-7-8-14(19)16(18-17)22(20,21)15-12(3)9-11(2)10-13(15)4/h5-6,9-10H,7-8H2,1-4H3/b6-5+. The molecular weight excluding hydrogens is 300 g/mol. The average molecular weight is 320 g/mol. The van der Waals surface area contributed by atoms with E-state index in [1.165, 1.54) is 0 Å². The summed E-state index contributed by atoms with van der Waals surface area (Å²) < 4.78 is 25.3. The zero-order valence-corrected chi connectivity index (χ0v) is 14.1. The van der Waals surface area contributed by atoms with E-state index in [-0.39, 0.29) is 11.3 Å². The Labute approximate surface area is 131 Å². The van der Waals surface area contributed by atoms with E-state index in [1.807, 2.05) is 6.92 Å². The summed E-state index contributed by atoms with van der Waals surface area (Å²) in [6, 6.07) is 3.44. The molecule has 0 fully saturated rings. The molecule has 0 amide bonds. The normalized spacial score (nSPS) is 11.5. The lowest BCUT2D eigenvalue weighted by Crippen LogP contribution is -2.27. The van der Waals surface area contributed by atoms with Crippen molar-refractivity contribution in [2.24, 2.45) is 0 Å². The predicted molar refractivity (Wildman–Crippen MR) is 85.5 cm³/mol. The van der Waals surface area contributed by atoms with Gasteiger partial charge in [-0.25, -0.2) is 8.42 Å². The molecule has 0 unspecified atom stereocenters. The molecule has 0 saturated heterocycles. The van der Waals surface area contributed by atoms with Crippen molar-refractivity contribution in [1.29, 1.82) is 0 Å². The van der Waals surface area contributed by atoms with Crippen molar-refractivity contribution in [2.75, 3.05) is 0 Å². The van der Waals surface area contributed by atoms with Crippen LogP contribution in [0.2, 0.25) is 0 Å². The maximum absolute atomic E-state index is 12.7. The summed E-state index contributed by atoms with van der Waals surface area (Å²) in [5.74, 6) is -0.694. The Balaban J connectivity index is 3.34. The van der Waals surface area contributed by atoms with Crippen LogP contribution < -0.4 is 0 Å². The molecular formula is C16H20N2O3S. The Hall–Kier alpha value is -2.04. The van der Waals surface area contributed by atoms with Crippen LogP contribution in [-0.4, -0.2) is 24.0 Å². The maximum atomic E-state index is 12.7. The molecule has 0 heterocycles. The third kappa shape index (κ3) is 3.78. The Kier molecular flexibility index (Phi) is 5.97. The molecule has 0 bridgehead atoms. The van der Waals surface area contributed by atoms with Gasteiger partial charge in [-0.05, 0) is 45.2 Å². The van der Waals surface area contributed by atoms with E-state index in [0.717, 1.165) is 5.56 Å². The third-order valence-electron chi connectivity index (χ3n) is 3.23. The largest absolute Gasteiger partial charge is 0.451 e. The highest BCUT2D eigenvalue weighted by molar-refractivity contribution is 8.08. The van der Waals surface area contributed by atoms with Crippen molar-refractivity contribution >= 4 is 20.7 Å². The van der Waals surface area contributed by atoms with E-state index in [9.17, 15) is 13.2 Å². The molecule has 1 aromatic rings. The Morgan fingerprint density at radius 2 is 1.77 bits per heavy atom. The second-order valence-electron chi connectivity index (χ2n) is 5.17. The fourth-order valence-corrected chi connectivity index (χ4v) is 4.10. The molecule has 0 spiro atoms. The van der Waals surface area contributed by atoms with Crippen molar-refractivity contribution in [3.8, 4) is 0 Å². The second kappa shape index (κ2) is 7.29. The first-order valence-corrected chi connectivity index (χ1v) is 8.43. The van der Waals surface area contributed by atoms with Gasteiger partial charge in [0.25, 0.3) is 15.6 Å². The number of hydrogen-bond donors (Lipinski definition) is 0. The summed E-state index contributed by atoms with van der Waals surface area (Å²) in [6.45, 7) is 6.99. The summed E-state index contributed by atoms with van der Waals surface area (Å²) in [7, 11) is -4.14. The van der Waals surface area contributed by atoms with Crippen molar-refractivity contribution in [3.63, 3.8) is 0 Å². The zero-order chi connectivity index (χ0) is 16.9. The van der Waals surface area contributed by atoms with Gasteiger partial charge in [0, 0.05) is 6.42 Å². The fourth-order valence-electron chi connectivity index (χ4n) is 2.43. The van der Waals surface area contributed by atoms with Crippen molar-refractivity contribution in [1.82, 2.24) is 0 Å². The lowest BCUT2D eigenvalue weighted by Gasteiger charge is -2.09. The molecule has 22 heavy (non-hydrogen) atoms. The first kappa shape index (κ1) is 18.0. The molecule has 1 rings (SSSR count). The van der Waals surface area contributed by atoms with E-state index in [1.54, 1.807) is 45.1 Å². The van der Waals surface area contributed by atoms with Crippen LogP contribution in [-0.2, 0) is 14.6 Å². The number of sulfone groups is 1. The summed E-state index contributed by atoms with van der Waals surface area (Å²) in [4.78, 5) is 14.9. The van der Waals surface area contributed by atoms with Crippen LogP contribution >= 0.6 is 0 Å². The van der Waals surface area contributed by atoms with Gasteiger partial charge in [-0.3, -0.25) is 4.79 Å². The van der Waals surface area contributed by atoms with Crippen molar-refractivity contribution in [3.05, 3.63) is 46.5 Å². The average Bonchev–Trinajstić information content (AvgIpc) is 2.37. The fraction of sp³-hybridized carbons (Fsp3) is 0.375. The van der Waals surface area contributed by atoms with E-state index < -0.39 is 20.7 Å². The van der Waals surface area contributed by atoms with Crippen LogP contribution in [0.1, 0.15) is 36.5 Å². The van der Waals surface area contributed by atoms with E-state index in [4.69, 9.17) is 5.53 Å². The smallest absolute Gasteiger partial charge is 0.360 e. The predicted octanol–water partition coefficient (Wildman–Crippen LogP) is 2.94. The number of carbonyl (C=O) groups is 1. The quantitative estimate of drug-likeness (QED) is 0.275. The van der Waals surface area contributed by atoms with E-state index in [0.29, 0.717) is 17.5 Å². The molecule has 6 heteroatoms. The van der Waals surface area contributed by atoms with Crippen LogP contribution in [0, 0.1) is 20.8 Å². The first-order valence-electron chi connectivity index (χ1n) is 6.95. The van der Waals surface area contributed by atoms with Gasteiger partial charge in [0.05, 0.1) is 4.90 Å². The number of hydrogen-bond acceptors (Lipinski definition) is 3. The molecule has 5 nitrogen and oxygen atoms in total. The minimum absolute atomic E-state index is 0.0209. The van der Waals surface area contributed by atoms with Crippen LogP contribution in [0.15, 0.2) is 29.2 Å². The van der Waals surface area contributed by atoms with E-state index >= 15 is 0 Å². The third-order valence-corrected chi connectivity index (χ3v) is 5.23. The molecule has 0 radical (unpaired) electrons. The minimum Gasteiger partial charge on any atom is -0.360 e. The summed E-state index contributed by atoms with van der Waals surface area (Å²) in [5.41, 5.74) is 11.0. The Bertz CT molecular complexity index is 748. The van der Waals surface area contributed by atoms with Crippen LogP contribution in [0.5, 0.6) is 0 Å². The van der Waals surface area contributed by atoms with Gasteiger partial charge in [0.2, 0.25) is 0 Å². The first-order chi connectivity index (χ1) is 10.3. The number of Topliss-reactive ketones (excluding diaryl/α,β-unsaturated/α-hetero) is 1. The summed E-state index contributed by atoms with van der Waals surface area (Å²) in [6.07, 6.45) is 3.90.